The third-order valence-electron chi connectivity index (χ3n) is 4.88. The number of hydrogen-bond acceptors (Lipinski definition) is 1. The van der Waals surface area contributed by atoms with Crippen LogP contribution in [0.15, 0.2) is 77.8 Å². The van der Waals surface area contributed by atoms with Crippen molar-refractivity contribution in [3.63, 3.8) is 0 Å². The van der Waals surface area contributed by atoms with E-state index >= 15 is 0 Å². The van der Waals surface area contributed by atoms with Gasteiger partial charge in [-0.15, -0.1) is 0 Å². The van der Waals surface area contributed by atoms with Gasteiger partial charge in [-0.2, -0.15) is 0 Å². The van der Waals surface area contributed by atoms with Crippen molar-refractivity contribution in [1.29, 1.82) is 0 Å². The van der Waals surface area contributed by atoms with Gasteiger partial charge in [0.2, 0.25) is 0 Å². The molecule has 0 saturated heterocycles. The topological polar surface area (TPSA) is 12.4 Å². The molecule has 0 unspecified atom stereocenters. The normalized spacial score (nSPS) is 12.0. The van der Waals surface area contributed by atoms with Crippen LogP contribution in [0, 0.1) is 13.8 Å². The third-order valence-corrected chi connectivity index (χ3v) is 4.88. The minimum absolute atomic E-state index is 1.06. The van der Waals surface area contributed by atoms with Crippen LogP contribution in [0.5, 0.6) is 0 Å². The van der Waals surface area contributed by atoms with Gasteiger partial charge in [0.15, 0.2) is 0 Å². The Morgan fingerprint density at radius 3 is 1.92 bits per heavy atom. The van der Waals surface area contributed by atoms with Gasteiger partial charge in [-0.25, -0.2) is 0 Å². The quantitative estimate of drug-likeness (QED) is 0.362. The van der Waals surface area contributed by atoms with Crippen molar-refractivity contribution in [2.45, 2.75) is 20.8 Å². The maximum atomic E-state index is 5.08. The van der Waals surface area contributed by atoms with Gasteiger partial charge in [0.25, 0.3) is 0 Å². The summed E-state index contributed by atoms with van der Waals surface area (Å²) >= 11 is 0. The number of aliphatic imine (C=N–C) groups is 1. The SMILES string of the molecule is CC(=Nc1c(C)ccc2ccccc12)c1c(C)ccc2ccccc12. The molecule has 4 rings (SSSR count). The van der Waals surface area contributed by atoms with E-state index in [4.69, 9.17) is 4.99 Å². The fraction of sp³-hybridized carbons (Fsp3) is 0.125. The summed E-state index contributed by atoms with van der Waals surface area (Å²) in [5.41, 5.74) is 5.84. The Hall–Kier alpha value is -2.93. The number of aryl methyl sites for hydroxylation is 2. The van der Waals surface area contributed by atoms with E-state index in [9.17, 15) is 0 Å². The van der Waals surface area contributed by atoms with E-state index in [1.807, 2.05) is 0 Å². The zero-order chi connectivity index (χ0) is 17.4. The second-order valence-corrected chi connectivity index (χ2v) is 6.63. The molecule has 25 heavy (non-hydrogen) atoms. The van der Waals surface area contributed by atoms with Gasteiger partial charge in [-0.1, -0.05) is 72.8 Å². The van der Waals surface area contributed by atoms with Gasteiger partial charge in [0, 0.05) is 16.7 Å². The third kappa shape index (κ3) is 2.72. The van der Waals surface area contributed by atoms with Crippen molar-refractivity contribution in [3.05, 3.63) is 89.5 Å². The highest BCUT2D eigenvalue weighted by Crippen LogP contribution is 2.31. The largest absolute Gasteiger partial charge is 0.252 e. The van der Waals surface area contributed by atoms with Crippen molar-refractivity contribution in [3.8, 4) is 0 Å². The van der Waals surface area contributed by atoms with Crippen LogP contribution in [-0.2, 0) is 0 Å². The lowest BCUT2D eigenvalue weighted by molar-refractivity contribution is 1.40. The standard InChI is InChI=1S/C24H21N/c1-16-12-14-19-8-4-6-10-21(19)23(16)18(3)25-24-17(2)13-15-20-9-5-7-11-22(20)24/h4-15H,1-3H3. The highest BCUT2D eigenvalue weighted by atomic mass is 14.8. The first-order chi connectivity index (χ1) is 12.1. The van der Waals surface area contributed by atoms with E-state index in [0.717, 1.165) is 11.4 Å². The van der Waals surface area contributed by atoms with Crippen molar-refractivity contribution >= 4 is 32.9 Å². The molecule has 0 spiro atoms. The molecule has 0 aromatic heterocycles. The molecule has 1 nitrogen and oxygen atoms in total. The Morgan fingerprint density at radius 2 is 1.20 bits per heavy atom. The van der Waals surface area contributed by atoms with Crippen LogP contribution >= 0.6 is 0 Å². The number of benzene rings is 4. The summed E-state index contributed by atoms with van der Waals surface area (Å²) in [4.78, 5) is 5.08. The molecule has 4 aromatic carbocycles. The summed E-state index contributed by atoms with van der Waals surface area (Å²) in [6.45, 7) is 6.42. The summed E-state index contributed by atoms with van der Waals surface area (Å²) in [6.07, 6.45) is 0. The predicted molar refractivity (Wildman–Crippen MR) is 109 cm³/mol. The van der Waals surface area contributed by atoms with Crippen LogP contribution in [0.1, 0.15) is 23.6 Å². The zero-order valence-electron chi connectivity index (χ0n) is 14.9. The molecule has 0 N–H and O–H groups in total. The lowest BCUT2D eigenvalue weighted by atomic mass is 9.96. The first kappa shape index (κ1) is 15.6. The van der Waals surface area contributed by atoms with Crippen molar-refractivity contribution in [2.24, 2.45) is 4.99 Å². The summed E-state index contributed by atoms with van der Waals surface area (Å²) in [5, 5.41) is 4.96. The summed E-state index contributed by atoms with van der Waals surface area (Å²) < 4.78 is 0. The number of rotatable bonds is 2. The Balaban J connectivity index is 1.98. The molecule has 0 aliphatic heterocycles. The molecule has 0 radical (unpaired) electrons. The molecule has 0 bridgehead atoms. The van der Waals surface area contributed by atoms with Crippen molar-refractivity contribution in [2.75, 3.05) is 0 Å². The highest BCUT2D eigenvalue weighted by molar-refractivity contribution is 6.13. The zero-order valence-corrected chi connectivity index (χ0v) is 14.9. The van der Waals surface area contributed by atoms with Crippen LogP contribution in [0.2, 0.25) is 0 Å². The Kier molecular flexibility index (Phi) is 3.85. The molecule has 0 heterocycles. The molecule has 0 aliphatic rings. The fourth-order valence-corrected chi connectivity index (χ4v) is 3.60. The maximum Gasteiger partial charge on any atom is 0.0740 e. The molecule has 0 fully saturated rings. The van der Waals surface area contributed by atoms with Gasteiger partial charge in [-0.3, -0.25) is 4.99 Å². The Morgan fingerprint density at radius 1 is 0.640 bits per heavy atom. The van der Waals surface area contributed by atoms with E-state index < -0.39 is 0 Å². The average molecular weight is 323 g/mol. The van der Waals surface area contributed by atoms with Crippen LogP contribution in [0.3, 0.4) is 0 Å². The molecule has 122 valence electrons. The number of fused-ring (bicyclic) bond motifs is 2. The van der Waals surface area contributed by atoms with Gasteiger partial charge in [-0.05, 0) is 48.1 Å². The van der Waals surface area contributed by atoms with Crippen molar-refractivity contribution < 1.29 is 0 Å². The van der Waals surface area contributed by atoms with E-state index in [2.05, 4.69) is 93.6 Å². The molecular formula is C24H21N. The minimum Gasteiger partial charge on any atom is -0.252 e. The van der Waals surface area contributed by atoms with Gasteiger partial charge < -0.3 is 0 Å². The van der Waals surface area contributed by atoms with E-state index in [0.29, 0.717) is 0 Å². The monoisotopic (exact) mass is 323 g/mol. The van der Waals surface area contributed by atoms with Crippen LogP contribution < -0.4 is 0 Å². The van der Waals surface area contributed by atoms with E-state index in [-0.39, 0.29) is 0 Å². The minimum atomic E-state index is 1.06. The van der Waals surface area contributed by atoms with Gasteiger partial charge in [0.05, 0.1) is 5.69 Å². The molecule has 0 saturated carbocycles. The maximum absolute atomic E-state index is 5.08. The first-order valence-electron chi connectivity index (χ1n) is 8.67. The molecule has 1 heteroatoms. The smallest absolute Gasteiger partial charge is 0.0740 e. The Labute approximate surface area is 148 Å². The molecular weight excluding hydrogens is 302 g/mol. The lowest BCUT2D eigenvalue weighted by Crippen LogP contribution is -1.99. The van der Waals surface area contributed by atoms with Crippen LogP contribution in [0.25, 0.3) is 21.5 Å². The number of hydrogen-bond donors (Lipinski definition) is 0. The van der Waals surface area contributed by atoms with Crippen molar-refractivity contribution in [1.82, 2.24) is 0 Å². The summed E-state index contributed by atoms with van der Waals surface area (Å²) in [7, 11) is 0. The average Bonchev–Trinajstić information content (AvgIpc) is 2.64. The molecule has 4 aromatic rings. The second-order valence-electron chi connectivity index (χ2n) is 6.63. The predicted octanol–water partition coefficient (Wildman–Crippen LogP) is 6.75. The fourth-order valence-electron chi connectivity index (χ4n) is 3.60. The number of nitrogens with zero attached hydrogens (tertiary/aromatic N) is 1. The summed E-state index contributed by atoms with van der Waals surface area (Å²) in [5.74, 6) is 0. The Bertz CT molecular complexity index is 1120. The van der Waals surface area contributed by atoms with Gasteiger partial charge >= 0.3 is 0 Å². The second kappa shape index (κ2) is 6.18. The van der Waals surface area contributed by atoms with E-state index in [1.54, 1.807) is 0 Å². The van der Waals surface area contributed by atoms with Gasteiger partial charge in [0.1, 0.15) is 0 Å². The molecule has 0 amide bonds. The first-order valence-corrected chi connectivity index (χ1v) is 8.67. The van der Waals surface area contributed by atoms with Crippen LogP contribution in [0.4, 0.5) is 5.69 Å². The molecule has 0 atom stereocenters. The summed E-state index contributed by atoms with van der Waals surface area (Å²) in [6, 6.07) is 25.7. The highest BCUT2D eigenvalue weighted by Gasteiger charge is 2.10. The van der Waals surface area contributed by atoms with E-state index in [1.165, 1.54) is 38.2 Å². The molecule has 0 aliphatic carbocycles. The van der Waals surface area contributed by atoms with Crippen LogP contribution in [-0.4, -0.2) is 5.71 Å². The lowest BCUT2D eigenvalue weighted by Gasteiger charge is -2.12.